The predicted molar refractivity (Wildman–Crippen MR) is 159 cm³/mol. The molecular weight excluding hydrogens is 552 g/mol. The molecule has 12 nitrogen and oxygen atoms in total. The second-order valence-electron chi connectivity index (χ2n) is 10.8. The number of methoxy groups -OCH3 is 1. The highest BCUT2D eigenvalue weighted by atomic mass is 16.5. The van der Waals surface area contributed by atoms with Crippen molar-refractivity contribution in [2.75, 3.05) is 12.4 Å². The Morgan fingerprint density at radius 3 is 2.23 bits per heavy atom. The molecule has 1 atom stereocenters. The summed E-state index contributed by atoms with van der Waals surface area (Å²) in [7, 11) is 1.17. The normalized spacial score (nSPS) is 12.1. The summed E-state index contributed by atoms with van der Waals surface area (Å²) < 4.78 is 11.6. The summed E-state index contributed by atoms with van der Waals surface area (Å²) in [4.78, 5) is 56.8. The molecule has 2 amide bonds. The van der Waals surface area contributed by atoms with E-state index in [1.807, 2.05) is 44.2 Å². The van der Waals surface area contributed by atoms with E-state index in [2.05, 4.69) is 30.6 Å². The SMILES string of the molecule is COC(=O)Nc1c(C)nc(-c2ccccc2)n(CC(=O)N[C@@H](C(=O)c2nnc(C(C)(C)c3ccccc3)o2)C(C)C)c1=O. The van der Waals surface area contributed by atoms with E-state index >= 15 is 0 Å². The smallest absolute Gasteiger partial charge is 0.411 e. The van der Waals surface area contributed by atoms with E-state index in [1.54, 1.807) is 51.1 Å². The first kappa shape index (κ1) is 30.8. The molecule has 0 saturated carbocycles. The minimum atomic E-state index is -1.03. The molecule has 0 aliphatic carbocycles. The predicted octanol–water partition coefficient (Wildman–Crippen LogP) is 4.13. The van der Waals surface area contributed by atoms with Gasteiger partial charge in [0.05, 0.1) is 24.3 Å². The topological polar surface area (TPSA) is 158 Å². The van der Waals surface area contributed by atoms with Crippen molar-refractivity contribution < 1.29 is 23.5 Å². The van der Waals surface area contributed by atoms with Gasteiger partial charge in [0.2, 0.25) is 17.6 Å². The zero-order chi connectivity index (χ0) is 31.3. The molecule has 0 spiro atoms. The lowest BCUT2D eigenvalue weighted by molar-refractivity contribution is -0.122. The van der Waals surface area contributed by atoms with Gasteiger partial charge in [-0.05, 0) is 32.3 Å². The van der Waals surface area contributed by atoms with Gasteiger partial charge >= 0.3 is 6.09 Å². The van der Waals surface area contributed by atoms with Gasteiger partial charge in [-0.15, -0.1) is 10.2 Å². The number of hydrogen-bond donors (Lipinski definition) is 2. The fourth-order valence-electron chi connectivity index (χ4n) is 4.50. The Bertz CT molecular complexity index is 1680. The third-order valence-electron chi connectivity index (χ3n) is 7.03. The summed E-state index contributed by atoms with van der Waals surface area (Å²) in [5, 5.41) is 13.2. The summed E-state index contributed by atoms with van der Waals surface area (Å²) in [6.45, 7) is 8.43. The molecule has 0 aliphatic heterocycles. The van der Waals surface area contributed by atoms with Crippen LogP contribution in [-0.2, 0) is 21.5 Å². The average molecular weight is 587 g/mol. The van der Waals surface area contributed by atoms with Crippen LogP contribution in [0.3, 0.4) is 0 Å². The van der Waals surface area contributed by atoms with Gasteiger partial charge in [-0.2, -0.15) is 0 Å². The highest BCUT2D eigenvalue weighted by molar-refractivity contribution is 5.98. The first-order chi connectivity index (χ1) is 20.4. The summed E-state index contributed by atoms with van der Waals surface area (Å²) in [6, 6.07) is 17.4. The molecule has 0 radical (unpaired) electrons. The quantitative estimate of drug-likeness (QED) is 0.261. The van der Waals surface area contributed by atoms with E-state index in [4.69, 9.17) is 4.42 Å². The molecule has 0 bridgehead atoms. The van der Waals surface area contributed by atoms with Gasteiger partial charge in [0, 0.05) is 5.56 Å². The van der Waals surface area contributed by atoms with Crippen LogP contribution in [0.4, 0.5) is 10.5 Å². The second-order valence-corrected chi connectivity index (χ2v) is 10.8. The molecular formula is C31H34N6O6. The van der Waals surface area contributed by atoms with E-state index in [1.165, 1.54) is 7.11 Å². The number of aryl methyl sites for hydroxylation is 1. The van der Waals surface area contributed by atoms with Gasteiger partial charge in [-0.3, -0.25) is 24.3 Å². The molecule has 43 heavy (non-hydrogen) atoms. The van der Waals surface area contributed by atoms with Crippen LogP contribution in [0.2, 0.25) is 0 Å². The second kappa shape index (κ2) is 12.8. The number of amides is 2. The molecule has 0 fully saturated rings. The molecule has 224 valence electrons. The van der Waals surface area contributed by atoms with Crippen molar-refractivity contribution in [3.63, 3.8) is 0 Å². The number of anilines is 1. The first-order valence-corrected chi connectivity index (χ1v) is 13.7. The van der Waals surface area contributed by atoms with Crippen molar-refractivity contribution in [2.45, 2.75) is 52.6 Å². The number of nitrogens with one attached hydrogen (secondary N) is 2. The summed E-state index contributed by atoms with van der Waals surface area (Å²) in [5.41, 5.74) is 0.299. The standard InChI is InChI=1S/C31H34N6O6/c1-18(2)23(25(39)27-35-36-29(43-27)31(4,5)21-15-11-8-12-16-21)33-22(38)17-37-26(20-13-9-7-10-14-20)32-19(3)24(28(37)40)34-30(41)42-6/h7-16,18,23H,17H2,1-6H3,(H,33,38)(H,34,41)/t23-/m1/s1. The zero-order valence-corrected chi connectivity index (χ0v) is 24.9. The number of Topliss-reactive ketones (excluding diaryl/α,β-unsaturated/α-hetero) is 1. The lowest BCUT2D eigenvalue weighted by atomic mass is 9.85. The van der Waals surface area contributed by atoms with Crippen LogP contribution in [0.5, 0.6) is 0 Å². The van der Waals surface area contributed by atoms with Gasteiger partial charge in [0.1, 0.15) is 18.1 Å². The third kappa shape index (κ3) is 6.69. The Kier molecular flexibility index (Phi) is 9.18. The largest absolute Gasteiger partial charge is 0.453 e. The van der Waals surface area contributed by atoms with Crippen molar-refractivity contribution in [1.82, 2.24) is 25.1 Å². The van der Waals surface area contributed by atoms with Crippen LogP contribution in [0.15, 0.2) is 69.9 Å². The molecule has 2 N–H and O–H groups in total. The summed E-state index contributed by atoms with van der Waals surface area (Å²) >= 11 is 0. The molecule has 2 heterocycles. The molecule has 12 heteroatoms. The molecule has 0 saturated heterocycles. The maximum Gasteiger partial charge on any atom is 0.411 e. The maximum absolute atomic E-state index is 13.5. The lowest BCUT2D eigenvalue weighted by Gasteiger charge is -2.22. The number of nitrogens with zero attached hydrogens (tertiary/aromatic N) is 4. The molecule has 4 rings (SSSR count). The van der Waals surface area contributed by atoms with Crippen molar-refractivity contribution >= 4 is 23.5 Å². The number of hydrogen-bond acceptors (Lipinski definition) is 9. The molecule has 0 aliphatic rings. The fraction of sp³-hybridized carbons (Fsp3) is 0.323. The maximum atomic E-state index is 13.5. The average Bonchev–Trinajstić information content (AvgIpc) is 3.51. The number of ether oxygens (including phenoxy) is 1. The van der Waals surface area contributed by atoms with E-state index < -0.39 is 41.3 Å². The third-order valence-corrected chi connectivity index (χ3v) is 7.03. The Morgan fingerprint density at radius 1 is 1.00 bits per heavy atom. The summed E-state index contributed by atoms with van der Waals surface area (Å²) in [5.74, 6) is -1.31. The number of benzene rings is 2. The van der Waals surface area contributed by atoms with E-state index in [0.29, 0.717) is 5.56 Å². The lowest BCUT2D eigenvalue weighted by Crippen LogP contribution is -2.47. The van der Waals surface area contributed by atoms with E-state index in [9.17, 15) is 19.2 Å². The van der Waals surface area contributed by atoms with Gasteiger partial charge in [-0.25, -0.2) is 9.78 Å². The molecule has 2 aromatic heterocycles. The summed E-state index contributed by atoms with van der Waals surface area (Å²) in [6.07, 6.45) is -0.856. The highest BCUT2D eigenvalue weighted by Gasteiger charge is 2.34. The van der Waals surface area contributed by atoms with Crippen LogP contribution in [0.25, 0.3) is 11.4 Å². The monoisotopic (exact) mass is 586 g/mol. The fourth-order valence-corrected chi connectivity index (χ4v) is 4.50. The highest BCUT2D eigenvalue weighted by Crippen LogP contribution is 2.30. The van der Waals surface area contributed by atoms with Crippen LogP contribution in [0.1, 0.15) is 55.5 Å². The van der Waals surface area contributed by atoms with Crippen LogP contribution >= 0.6 is 0 Å². The number of carbonyl (C=O) groups excluding carboxylic acids is 3. The molecule has 0 unspecified atom stereocenters. The Balaban J connectivity index is 1.62. The number of rotatable bonds is 10. The molecule has 2 aromatic carbocycles. The Morgan fingerprint density at radius 2 is 1.63 bits per heavy atom. The van der Waals surface area contributed by atoms with Gasteiger partial charge < -0.3 is 14.5 Å². The van der Waals surface area contributed by atoms with Crippen molar-refractivity contribution in [1.29, 1.82) is 0 Å². The zero-order valence-electron chi connectivity index (χ0n) is 24.9. The minimum Gasteiger partial charge on any atom is -0.453 e. The minimum absolute atomic E-state index is 0.129. The number of aromatic nitrogens is 4. The van der Waals surface area contributed by atoms with Crippen molar-refractivity contribution in [2.24, 2.45) is 5.92 Å². The first-order valence-electron chi connectivity index (χ1n) is 13.7. The Labute approximate surface area is 248 Å². The van der Waals surface area contributed by atoms with Crippen LogP contribution in [0, 0.1) is 12.8 Å². The number of ketones is 1. The van der Waals surface area contributed by atoms with Gasteiger partial charge in [-0.1, -0.05) is 74.5 Å². The van der Waals surface area contributed by atoms with Gasteiger partial charge in [0.15, 0.2) is 0 Å². The van der Waals surface area contributed by atoms with E-state index in [-0.39, 0.29) is 34.9 Å². The van der Waals surface area contributed by atoms with Gasteiger partial charge in [0.25, 0.3) is 11.4 Å². The number of carbonyl (C=O) groups is 3. The van der Waals surface area contributed by atoms with Crippen LogP contribution < -0.4 is 16.2 Å². The van der Waals surface area contributed by atoms with Crippen LogP contribution in [-0.4, -0.2) is 50.7 Å². The van der Waals surface area contributed by atoms with Crippen molar-refractivity contribution in [3.05, 3.63) is 94.1 Å². The molecule has 4 aromatic rings. The Hall–Kier alpha value is -5.13. The van der Waals surface area contributed by atoms with E-state index in [0.717, 1.165) is 10.1 Å². The van der Waals surface area contributed by atoms with Crippen molar-refractivity contribution in [3.8, 4) is 11.4 Å².